The lowest BCUT2D eigenvalue weighted by molar-refractivity contribution is 0.275. The van der Waals surface area contributed by atoms with E-state index in [4.69, 9.17) is 10.00 Å². The lowest BCUT2D eigenvalue weighted by Crippen LogP contribution is -2.16. The number of hydrogen-bond donors (Lipinski definition) is 0. The molecule has 0 unspecified atom stereocenters. The van der Waals surface area contributed by atoms with Crippen molar-refractivity contribution in [3.05, 3.63) is 107 Å². The largest absolute Gasteiger partial charge is 0.458 e. The average molecular weight is 558 g/mol. The number of rotatable bonds is 9. The number of ether oxygens (including phenoxy) is 1. The van der Waals surface area contributed by atoms with Crippen molar-refractivity contribution in [1.82, 2.24) is 19.5 Å². The molecule has 6 rings (SSSR count). The van der Waals surface area contributed by atoms with Crippen LogP contribution in [0.1, 0.15) is 35.4 Å². The second-order valence-corrected chi connectivity index (χ2v) is 10.3. The number of aromatic nitrogens is 4. The van der Waals surface area contributed by atoms with Crippen molar-refractivity contribution in [1.29, 1.82) is 5.26 Å². The van der Waals surface area contributed by atoms with E-state index >= 15 is 4.39 Å². The van der Waals surface area contributed by atoms with E-state index in [0.29, 0.717) is 34.7 Å². The maximum absolute atomic E-state index is 15.4. The van der Waals surface area contributed by atoms with Gasteiger partial charge in [0.1, 0.15) is 29.6 Å². The highest BCUT2D eigenvalue weighted by molar-refractivity contribution is 5.77. The van der Waals surface area contributed by atoms with E-state index in [-0.39, 0.29) is 35.7 Å². The average Bonchev–Trinajstić information content (AvgIpc) is 3.68. The zero-order valence-corrected chi connectivity index (χ0v) is 21.7. The summed E-state index contributed by atoms with van der Waals surface area (Å²) >= 11 is 0. The van der Waals surface area contributed by atoms with Crippen LogP contribution in [0, 0.1) is 34.2 Å². The maximum Gasteiger partial charge on any atom is 0.317 e. The molecule has 2 heterocycles. The monoisotopic (exact) mass is 557 g/mol. The first-order chi connectivity index (χ1) is 19.9. The summed E-state index contributed by atoms with van der Waals surface area (Å²) in [7, 11) is 0. The van der Waals surface area contributed by atoms with E-state index in [1.54, 1.807) is 30.3 Å². The van der Waals surface area contributed by atoms with E-state index in [1.165, 1.54) is 30.5 Å². The Morgan fingerprint density at radius 1 is 0.927 bits per heavy atom. The molecule has 1 fully saturated rings. The second kappa shape index (κ2) is 10.7. The number of imidazole rings is 1. The Kier molecular flexibility index (Phi) is 6.87. The van der Waals surface area contributed by atoms with Gasteiger partial charge in [-0.25, -0.2) is 23.1 Å². The molecule has 0 bridgehead atoms. The van der Waals surface area contributed by atoms with Crippen molar-refractivity contribution < 1.29 is 22.3 Å². The van der Waals surface area contributed by atoms with Crippen molar-refractivity contribution in [3.63, 3.8) is 0 Å². The highest BCUT2D eigenvalue weighted by Gasteiger charge is 2.44. The van der Waals surface area contributed by atoms with Crippen molar-refractivity contribution >= 4 is 11.0 Å². The molecule has 1 aliphatic rings. The van der Waals surface area contributed by atoms with Crippen LogP contribution in [0.4, 0.5) is 17.6 Å². The molecule has 41 heavy (non-hydrogen) atoms. The minimum Gasteiger partial charge on any atom is -0.458 e. The number of nitriles is 1. The molecule has 0 atom stereocenters. The smallest absolute Gasteiger partial charge is 0.317 e. The minimum absolute atomic E-state index is 0.0200. The maximum atomic E-state index is 15.4. The van der Waals surface area contributed by atoms with Crippen molar-refractivity contribution in [2.75, 3.05) is 6.67 Å². The van der Waals surface area contributed by atoms with Crippen molar-refractivity contribution in [2.24, 2.45) is 5.41 Å². The number of para-hydroxylation sites is 1. The molecule has 3 aromatic carbocycles. The molecular weight excluding hydrogens is 534 g/mol. The standard InChI is InChI=1S/C31H23F4N5O/c32-17-31(9-10-31)18-40-27-3-1-2-23(33)29(27)39-28(40)14-20-6-7-21(13-25(20)35)26-8-11-37-30(38-26)41-16-22-5-4-19(15-36)12-24(22)34/h1-8,11-13H,9-10,14,16-18H2. The third kappa shape index (κ3) is 5.35. The molecule has 1 aliphatic carbocycles. The number of halogens is 4. The third-order valence-electron chi connectivity index (χ3n) is 7.41. The van der Waals surface area contributed by atoms with E-state index in [1.807, 2.05) is 10.6 Å². The molecular formula is C31H23F4N5O. The summed E-state index contributed by atoms with van der Waals surface area (Å²) in [5, 5.41) is 8.89. The van der Waals surface area contributed by atoms with Crippen LogP contribution in [0.2, 0.25) is 0 Å². The first-order valence-electron chi connectivity index (χ1n) is 13.0. The predicted octanol–water partition coefficient (Wildman–Crippen LogP) is 6.70. The molecule has 206 valence electrons. The Bertz CT molecular complexity index is 1810. The van der Waals surface area contributed by atoms with Crippen LogP contribution in [-0.2, 0) is 19.6 Å². The first-order valence-corrected chi connectivity index (χ1v) is 13.0. The van der Waals surface area contributed by atoms with Crippen LogP contribution < -0.4 is 4.74 Å². The Labute approximate surface area is 232 Å². The van der Waals surface area contributed by atoms with Crippen LogP contribution in [0.5, 0.6) is 6.01 Å². The molecule has 0 N–H and O–H groups in total. The van der Waals surface area contributed by atoms with Gasteiger partial charge in [0, 0.05) is 35.7 Å². The fraction of sp³-hybridized carbons (Fsp3) is 0.226. The molecule has 0 amide bonds. The summed E-state index contributed by atoms with van der Waals surface area (Å²) in [6.07, 6.45) is 3.03. The number of benzene rings is 3. The van der Waals surface area contributed by atoms with E-state index < -0.39 is 29.5 Å². The van der Waals surface area contributed by atoms with E-state index in [9.17, 15) is 13.2 Å². The molecule has 0 saturated heterocycles. The van der Waals surface area contributed by atoms with Crippen molar-refractivity contribution in [2.45, 2.75) is 32.4 Å². The van der Waals surface area contributed by atoms with E-state index in [2.05, 4.69) is 15.0 Å². The second-order valence-electron chi connectivity index (χ2n) is 10.3. The minimum atomic E-state index is -0.578. The zero-order valence-electron chi connectivity index (χ0n) is 21.7. The Morgan fingerprint density at radius 3 is 2.46 bits per heavy atom. The number of hydrogen-bond acceptors (Lipinski definition) is 5. The summed E-state index contributed by atoms with van der Waals surface area (Å²) in [5.41, 5.74) is 1.91. The predicted molar refractivity (Wildman–Crippen MR) is 143 cm³/mol. The molecule has 0 radical (unpaired) electrons. The molecule has 0 spiro atoms. The highest BCUT2D eigenvalue weighted by Crippen LogP contribution is 2.48. The van der Waals surface area contributed by atoms with Gasteiger partial charge in [-0.1, -0.05) is 24.3 Å². The normalized spacial score (nSPS) is 13.7. The summed E-state index contributed by atoms with van der Waals surface area (Å²) in [4.78, 5) is 12.8. The number of nitrogens with zero attached hydrogens (tertiary/aromatic N) is 5. The zero-order chi connectivity index (χ0) is 28.6. The van der Waals surface area contributed by atoms with Crippen LogP contribution in [-0.4, -0.2) is 26.2 Å². The summed E-state index contributed by atoms with van der Waals surface area (Å²) in [5.74, 6) is -1.10. The first kappa shape index (κ1) is 26.4. The molecule has 10 heteroatoms. The topological polar surface area (TPSA) is 76.6 Å². The highest BCUT2D eigenvalue weighted by atomic mass is 19.1. The number of alkyl halides is 1. The molecule has 1 saturated carbocycles. The fourth-order valence-corrected chi connectivity index (χ4v) is 4.79. The summed E-state index contributed by atoms with van der Waals surface area (Å²) in [6.45, 7) is -0.272. The van der Waals surface area contributed by atoms with Gasteiger partial charge in [-0.2, -0.15) is 10.2 Å². The van der Waals surface area contributed by atoms with Gasteiger partial charge < -0.3 is 9.30 Å². The van der Waals surface area contributed by atoms with Gasteiger partial charge in [0.2, 0.25) is 0 Å². The Hall–Kier alpha value is -4.78. The van der Waals surface area contributed by atoms with Crippen LogP contribution in [0.25, 0.3) is 22.3 Å². The molecule has 0 aliphatic heterocycles. The summed E-state index contributed by atoms with van der Waals surface area (Å²) < 4.78 is 65.1. The quantitative estimate of drug-likeness (QED) is 0.189. The molecule has 5 aromatic rings. The van der Waals surface area contributed by atoms with Gasteiger partial charge in [-0.3, -0.25) is 4.39 Å². The van der Waals surface area contributed by atoms with Gasteiger partial charge in [0.15, 0.2) is 5.82 Å². The van der Waals surface area contributed by atoms with Crippen LogP contribution in [0.3, 0.4) is 0 Å². The SMILES string of the molecule is N#Cc1ccc(COc2nccc(-c3ccc(Cc4nc5c(F)cccc5n4CC4(CF)CC4)c(F)c3)n2)c(F)c1. The third-order valence-corrected chi connectivity index (χ3v) is 7.41. The van der Waals surface area contributed by atoms with Crippen LogP contribution in [0.15, 0.2) is 66.9 Å². The lowest BCUT2D eigenvalue weighted by atomic mass is 10.1. The number of fused-ring (bicyclic) bond motifs is 1. The van der Waals surface area contributed by atoms with Gasteiger partial charge in [-0.05, 0) is 54.8 Å². The molecule has 2 aromatic heterocycles. The van der Waals surface area contributed by atoms with Gasteiger partial charge >= 0.3 is 6.01 Å². The Balaban J connectivity index is 1.23. The van der Waals surface area contributed by atoms with E-state index in [0.717, 1.165) is 18.9 Å². The van der Waals surface area contributed by atoms with Crippen LogP contribution >= 0.6 is 0 Å². The van der Waals surface area contributed by atoms with Crippen molar-refractivity contribution in [3.8, 4) is 23.3 Å². The fourth-order valence-electron chi connectivity index (χ4n) is 4.79. The van der Waals surface area contributed by atoms with Gasteiger partial charge in [0.25, 0.3) is 0 Å². The Morgan fingerprint density at radius 2 is 1.73 bits per heavy atom. The molecule has 6 nitrogen and oxygen atoms in total. The summed E-state index contributed by atoms with van der Waals surface area (Å²) in [6, 6.07) is 16.8. The lowest BCUT2D eigenvalue weighted by Gasteiger charge is -2.15. The van der Waals surface area contributed by atoms with Gasteiger partial charge in [-0.15, -0.1) is 0 Å². The van der Waals surface area contributed by atoms with Gasteiger partial charge in [0.05, 0.1) is 29.5 Å².